The van der Waals surface area contributed by atoms with Crippen LogP contribution < -0.4 is 4.74 Å². The Hall–Kier alpha value is -1.09. The SMILES string of the molecule is CC(=O)C(Cl)c1cc(OC(F)(F)F)ccc1SC(F)(F)F. The van der Waals surface area contributed by atoms with Crippen LogP contribution in [0.2, 0.25) is 0 Å². The van der Waals surface area contributed by atoms with Gasteiger partial charge < -0.3 is 4.74 Å². The zero-order valence-electron chi connectivity index (χ0n) is 10.2. The van der Waals surface area contributed by atoms with E-state index >= 15 is 0 Å². The van der Waals surface area contributed by atoms with Crippen molar-refractivity contribution in [2.75, 3.05) is 0 Å². The zero-order valence-corrected chi connectivity index (χ0v) is 11.8. The molecule has 0 amide bonds. The van der Waals surface area contributed by atoms with E-state index in [-0.39, 0.29) is 0 Å². The lowest BCUT2D eigenvalue weighted by Gasteiger charge is -2.16. The first-order valence-corrected chi connectivity index (χ1v) is 6.44. The fraction of sp³-hybridized carbons (Fsp3) is 0.364. The van der Waals surface area contributed by atoms with Gasteiger partial charge in [-0.3, -0.25) is 4.79 Å². The molecule has 0 aliphatic carbocycles. The summed E-state index contributed by atoms with van der Waals surface area (Å²) in [5.74, 6) is -1.46. The summed E-state index contributed by atoms with van der Waals surface area (Å²) < 4.78 is 77.0. The van der Waals surface area contributed by atoms with E-state index in [9.17, 15) is 31.1 Å². The molecule has 0 aromatic heterocycles. The third kappa shape index (κ3) is 6.04. The van der Waals surface area contributed by atoms with Crippen LogP contribution in [0.3, 0.4) is 0 Å². The van der Waals surface area contributed by atoms with E-state index in [0.717, 1.165) is 19.1 Å². The Balaban J connectivity index is 3.23. The van der Waals surface area contributed by atoms with E-state index in [4.69, 9.17) is 11.6 Å². The van der Waals surface area contributed by atoms with Gasteiger partial charge in [-0.1, -0.05) is 0 Å². The number of halogens is 7. The number of ketones is 1. The van der Waals surface area contributed by atoms with E-state index in [1.165, 1.54) is 0 Å². The van der Waals surface area contributed by atoms with Gasteiger partial charge in [0, 0.05) is 4.90 Å². The maximum atomic E-state index is 12.4. The van der Waals surface area contributed by atoms with Crippen molar-refractivity contribution in [2.45, 2.75) is 29.1 Å². The van der Waals surface area contributed by atoms with Crippen LogP contribution in [-0.2, 0) is 4.79 Å². The molecule has 0 bridgehead atoms. The molecule has 10 heteroatoms. The Bertz CT molecular complexity index is 528. The van der Waals surface area contributed by atoms with Crippen LogP contribution in [0.5, 0.6) is 5.75 Å². The average Bonchev–Trinajstić information content (AvgIpc) is 2.26. The Labute approximate surface area is 124 Å². The fourth-order valence-corrected chi connectivity index (χ4v) is 2.28. The molecular formula is C11H7ClF6O2S. The van der Waals surface area contributed by atoms with Gasteiger partial charge >= 0.3 is 11.9 Å². The second-order valence-electron chi connectivity index (χ2n) is 3.77. The number of alkyl halides is 7. The summed E-state index contributed by atoms with van der Waals surface area (Å²) in [6, 6.07) is 2.16. The topological polar surface area (TPSA) is 26.3 Å². The largest absolute Gasteiger partial charge is 0.573 e. The minimum absolute atomic E-state index is 0.395. The van der Waals surface area contributed by atoms with E-state index in [0.29, 0.717) is 6.07 Å². The van der Waals surface area contributed by atoms with Crippen molar-refractivity contribution >= 4 is 29.1 Å². The van der Waals surface area contributed by atoms with Crippen LogP contribution in [0.25, 0.3) is 0 Å². The Morgan fingerprint density at radius 1 is 1.24 bits per heavy atom. The van der Waals surface area contributed by atoms with Crippen molar-refractivity contribution in [3.05, 3.63) is 23.8 Å². The van der Waals surface area contributed by atoms with Gasteiger partial charge in [-0.2, -0.15) is 13.2 Å². The number of benzene rings is 1. The standard InChI is InChI=1S/C11H7ClF6O2S/c1-5(19)9(12)7-4-6(20-10(13,14)15)2-3-8(7)21-11(16,17)18/h2-4,9H,1H3. The monoisotopic (exact) mass is 352 g/mol. The molecule has 21 heavy (non-hydrogen) atoms. The predicted molar refractivity (Wildman–Crippen MR) is 64.3 cm³/mol. The van der Waals surface area contributed by atoms with Crippen molar-refractivity contribution in [1.82, 2.24) is 0 Å². The van der Waals surface area contributed by atoms with Gasteiger partial charge in [0.25, 0.3) is 0 Å². The molecule has 0 fully saturated rings. The maximum absolute atomic E-state index is 12.4. The number of hydrogen-bond donors (Lipinski definition) is 0. The van der Waals surface area contributed by atoms with Crippen LogP contribution in [0.4, 0.5) is 26.3 Å². The highest BCUT2D eigenvalue weighted by Crippen LogP contribution is 2.43. The van der Waals surface area contributed by atoms with Crippen molar-refractivity contribution in [1.29, 1.82) is 0 Å². The van der Waals surface area contributed by atoms with Gasteiger partial charge in [-0.15, -0.1) is 24.8 Å². The molecule has 1 atom stereocenters. The summed E-state index contributed by atoms with van der Waals surface area (Å²) in [6.45, 7) is 1.01. The summed E-state index contributed by atoms with van der Waals surface area (Å²) in [6.07, 6.45) is -5.01. The molecule has 0 N–H and O–H groups in total. The van der Waals surface area contributed by atoms with Crippen LogP contribution in [-0.4, -0.2) is 17.7 Å². The molecule has 1 aromatic carbocycles. The first-order valence-electron chi connectivity index (χ1n) is 5.19. The lowest BCUT2D eigenvalue weighted by molar-refractivity contribution is -0.274. The highest BCUT2D eigenvalue weighted by atomic mass is 35.5. The van der Waals surface area contributed by atoms with E-state index in [2.05, 4.69) is 4.74 Å². The predicted octanol–water partition coefficient (Wildman–Crippen LogP) is 5.07. The normalized spacial score (nSPS) is 13.9. The first-order chi connectivity index (χ1) is 9.39. The second-order valence-corrected chi connectivity index (χ2v) is 5.31. The lowest BCUT2D eigenvalue weighted by atomic mass is 10.1. The van der Waals surface area contributed by atoms with Crippen LogP contribution in [0, 0.1) is 0 Å². The van der Waals surface area contributed by atoms with E-state index in [1.54, 1.807) is 0 Å². The average molecular weight is 353 g/mol. The molecule has 0 saturated heterocycles. The zero-order chi connectivity index (χ0) is 16.4. The highest BCUT2D eigenvalue weighted by molar-refractivity contribution is 8.00. The van der Waals surface area contributed by atoms with Gasteiger partial charge in [0.05, 0.1) is 0 Å². The van der Waals surface area contributed by atoms with Crippen molar-refractivity contribution in [3.63, 3.8) is 0 Å². The number of Topliss-reactive ketones (excluding diaryl/α,β-unsaturated/α-hetero) is 1. The summed E-state index contributed by atoms with van der Waals surface area (Å²) in [5, 5.41) is -1.51. The highest BCUT2D eigenvalue weighted by Gasteiger charge is 2.34. The third-order valence-electron chi connectivity index (χ3n) is 2.07. The van der Waals surface area contributed by atoms with Crippen molar-refractivity contribution in [3.8, 4) is 5.75 Å². The minimum Gasteiger partial charge on any atom is -0.406 e. The molecule has 1 rings (SSSR count). The van der Waals surface area contributed by atoms with Gasteiger partial charge in [0.15, 0.2) is 5.78 Å². The fourth-order valence-electron chi connectivity index (χ4n) is 1.36. The molecule has 0 heterocycles. The number of ether oxygens (including phenoxy) is 1. The Kier molecular flexibility index (Phi) is 5.43. The van der Waals surface area contributed by atoms with Crippen LogP contribution in [0.1, 0.15) is 17.9 Å². The molecule has 0 aliphatic heterocycles. The molecule has 2 nitrogen and oxygen atoms in total. The molecule has 0 saturated carbocycles. The number of carbonyl (C=O) groups excluding carboxylic acids is 1. The van der Waals surface area contributed by atoms with Gasteiger partial charge in [-0.25, -0.2) is 0 Å². The second kappa shape index (κ2) is 6.35. The van der Waals surface area contributed by atoms with Gasteiger partial charge in [-0.05, 0) is 42.4 Å². The molecule has 1 aromatic rings. The van der Waals surface area contributed by atoms with Gasteiger partial charge in [0.2, 0.25) is 0 Å². The smallest absolute Gasteiger partial charge is 0.406 e. The molecular weight excluding hydrogens is 346 g/mol. The third-order valence-corrected chi connectivity index (χ3v) is 3.44. The molecule has 0 aliphatic rings. The number of rotatable bonds is 4. The maximum Gasteiger partial charge on any atom is 0.573 e. The van der Waals surface area contributed by atoms with Crippen molar-refractivity contribution in [2.24, 2.45) is 0 Å². The molecule has 118 valence electrons. The Morgan fingerprint density at radius 3 is 2.24 bits per heavy atom. The Morgan fingerprint density at radius 2 is 1.81 bits per heavy atom. The number of hydrogen-bond acceptors (Lipinski definition) is 3. The quantitative estimate of drug-likeness (QED) is 0.430. The minimum atomic E-state index is -5.01. The van der Waals surface area contributed by atoms with Gasteiger partial charge in [0.1, 0.15) is 11.1 Å². The van der Waals surface area contributed by atoms with Crippen LogP contribution >= 0.6 is 23.4 Å². The molecule has 0 spiro atoms. The summed E-state index contributed by atoms with van der Waals surface area (Å²) in [5.41, 5.74) is -5.07. The van der Waals surface area contributed by atoms with E-state index < -0.39 is 51.0 Å². The molecule has 0 radical (unpaired) electrons. The van der Waals surface area contributed by atoms with E-state index in [1.807, 2.05) is 0 Å². The van der Waals surface area contributed by atoms with Crippen LogP contribution in [0.15, 0.2) is 23.1 Å². The summed E-state index contributed by atoms with van der Waals surface area (Å²) in [7, 11) is 0. The van der Waals surface area contributed by atoms with Crippen molar-refractivity contribution < 1.29 is 35.9 Å². The summed E-state index contributed by atoms with van der Waals surface area (Å²) in [4.78, 5) is 10.7. The first kappa shape index (κ1) is 18.0. The summed E-state index contributed by atoms with van der Waals surface area (Å²) >= 11 is 5.08. The number of carbonyl (C=O) groups is 1. The lowest BCUT2D eigenvalue weighted by Crippen LogP contribution is -2.17. The number of thioether (sulfide) groups is 1. The molecule has 1 unspecified atom stereocenters.